The van der Waals surface area contributed by atoms with Crippen LogP contribution in [0.25, 0.3) is 0 Å². The molecular weight excluding hydrogens is 220 g/mol. The number of anilines is 1. The van der Waals surface area contributed by atoms with Gasteiger partial charge in [-0.3, -0.25) is 0 Å². The van der Waals surface area contributed by atoms with E-state index in [2.05, 4.69) is 43.9 Å². The quantitative estimate of drug-likeness (QED) is 0.881. The molecule has 2 N–H and O–H groups in total. The fraction of sp³-hybridized carbons (Fsp3) is 0.625. The highest BCUT2D eigenvalue weighted by Crippen LogP contribution is 2.30. The highest BCUT2D eigenvalue weighted by Gasteiger charge is 2.18. The average molecular weight is 246 g/mol. The van der Waals surface area contributed by atoms with Crippen LogP contribution < -0.4 is 10.6 Å². The maximum absolute atomic E-state index is 5.97. The van der Waals surface area contributed by atoms with Crippen molar-refractivity contribution in [1.82, 2.24) is 0 Å². The van der Waals surface area contributed by atoms with Crippen LogP contribution in [0.5, 0.6) is 0 Å². The molecule has 1 aromatic carbocycles. The van der Waals surface area contributed by atoms with Crippen LogP contribution in [-0.2, 0) is 6.42 Å². The van der Waals surface area contributed by atoms with Crippen LogP contribution in [0.15, 0.2) is 18.2 Å². The maximum Gasteiger partial charge on any atom is 0.0399 e. The average Bonchev–Trinajstić information content (AvgIpc) is 2.38. The molecule has 100 valence electrons. The lowest BCUT2D eigenvalue weighted by Crippen LogP contribution is -2.33. The molecule has 0 aromatic heterocycles. The maximum atomic E-state index is 5.97. The monoisotopic (exact) mass is 246 g/mol. The van der Waals surface area contributed by atoms with Crippen LogP contribution >= 0.6 is 0 Å². The lowest BCUT2D eigenvalue weighted by Gasteiger charge is -2.33. The Labute approximate surface area is 111 Å². The van der Waals surface area contributed by atoms with Gasteiger partial charge in [0.15, 0.2) is 0 Å². The first-order valence-corrected chi connectivity index (χ1v) is 7.25. The molecule has 1 heterocycles. The molecular formula is C16H26N2. The third-order valence-corrected chi connectivity index (χ3v) is 4.07. The number of nitrogens with zero attached hydrogens (tertiary/aromatic N) is 1. The summed E-state index contributed by atoms with van der Waals surface area (Å²) in [6.45, 7) is 9.05. The van der Waals surface area contributed by atoms with Gasteiger partial charge in [-0.25, -0.2) is 0 Å². The van der Waals surface area contributed by atoms with E-state index < -0.39 is 0 Å². The molecule has 0 spiro atoms. The Morgan fingerprint density at radius 1 is 1.33 bits per heavy atom. The van der Waals surface area contributed by atoms with Crippen LogP contribution in [-0.4, -0.2) is 13.1 Å². The Morgan fingerprint density at radius 3 is 2.78 bits per heavy atom. The summed E-state index contributed by atoms with van der Waals surface area (Å²) in [7, 11) is 0. The highest BCUT2D eigenvalue weighted by atomic mass is 15.1. The van der Waals surface area contributed by atoms with Gasteiger partial charge in [0.2, 0.25) is 0 Å². The molecule has 0 aliphatic carbocycles. The van der Waals surface area contributed by atoms with Gasteiger partial charge >= 0.3 is 0 Å². The van der Waals surface area contributed by atoms with Gasteiger partial charge in [-0.2, -0.15) is 0 Å². The van der Waals surface area contributed by atoms with E-state index in [1.54, 1.807) is 0 Å². The molecule has 0 amide bonds. The molecule has 1 aliphatic heterocycles. The molecule has 0 saturated carbocycles. The second kappa shape index (κ2) is 5.75. The van der Waals surface area contributed by atoms with Crippen molar-refractivity contribution in [2.75, 3.05) is 18.0 Å². The molecule has 0 fully saturated rings. The number of nitrogens with two attached hydrogens (primary N) is 1. The molecule has 2 nitrogen and oxygen atoms in total. The van der Waals surface area contributed by atoms with Gasteiger partial charge in [0.1, 0.15) is 0 Å². The lowest BCUT2D eigenvalue weighted by molar-refractivity contribution is 0.529. The smallest absolute Gasteiger partial charge is 0.0399 e. The zero-order valence-corrected chi connectivity index (χ0v) is 11.9. The third kappa shape index (κ3) is 2.86. The van der Waals surface area contributed by atoms with Crippen LogP contribution in [0.1, 0.15) is 50.8 Å². The number of hydrogen-bond donors (Lipinski definition) is 1. The normalized spacial score (nSPS) is 18.3. The van der Waals surface area contributed by atoms with Crippen LogP contribution in [0.2, 0.25) is 0 Å². The van der Waals surface area contributed by atoms with E-state index in [4.69, 9.17) is 5.73 Å². The molecule has 18 heavy (non-hydrogen) atoms. The van der Waals surface area contributed by atoms with Crippen molar-refractivity contribution in [3.05, 3.63) is 29.3 Å². The van der Waals surface area contributed by atoms with Crippen molar-refractivity contribution in [3.8, 4) is 0 Å². The minimum atomic E-state index is 0.139. The number of aryl methyl sites for hydroxylation is 1. The minimum Gasteiger partial charge on any atom is -0.371 e. The van der Waals surface area contributed by atoms with E-state index >= 15 is 0 Å². The van der Waals surface area contributed by atoms with Crippen LogP contribution in [0.3, 0.4) is 0 Å². The SMILES string of the molecule is CCC(C)CN1CCCc2cc(C(C)N)ccc21. The van der Waals surface area contributed by atoms with E-state index in [-0.39, 0.29) is 6.04 Å². The van der Waals surface area contributed by atoms with E-state index in [0.29, 0.717) is 0 Å². The van der Waals surface area contributed by atoms with Crippen LogP contribution in [0.4, 0.5) is 5.69 Å². The molecule has 1 aromatic rings. The van der Waals surface area contributed by atoms with Crippen molar-refractivity contribution in [2.45, 2.75) is 46.1 Å². The Morgan fingerprint density at radius 2 is 2.11 bits per heavy atom. The first kappa shape index (κ1) is 13.4. The largest absolute Gasteiger partial charge is 0.371 e. The number of hydrogen-bond acceptors (Lipinski definition) is 2. The van der Waals surface area contributed by atoms with E-state index in [1.165, 1.54) is 49.2 Å². The van der Waals surface area contributed by atoms with Gasteiger partial charge in [-0.15, -0.1) is 0 Å². The first-order valence-electron chi connectivity index (χ1n) is 7.25. The topological polar surface area (TPSA) is 29.3 Å². The van der Waals surface area contributed by atoms with Crippen molar-refractivity contribution in [1.29, 1.82) is 0 Å². The fourth-order valence-corrected chi connectivity index (χ4v) is 2.67. The van der Waals surface area contributed by atoms with Gasteiger partial charge in [0, 0.05) is 24.8 Å². The van der Waals surface area contributed by atoms with Crippen LogP contribution in [0, 0.1) is 5.92 Å². The summed E-state index contributed by atoms with van der Waals surface area (Å²) in [6, 6.07) is 6.91. The standard InChI is InChI=1S/C16H26N2/c1-4-12(2)11-18-9-5-6-15-10-14(13(3)17)7-8-16(15)18/h7-8,10,12-13H,4-6,9,11,17H2,1-3H3. The van der Waals surface area contributed by atoms with E-state index in [1.807, 2.05) is 0 Å². The fourth-order valence-electron chi connectivity index (χ4n) is 2.67. The summed E-state index contributed by atoms with van der Waals surface area (Å²) in [5.41, 5.74) is 10.2. The van der Waals surface area contributed by atoms with Crippen molar-refractivity contribution in [3.63, 3.8) is 0 Å². The number of rotatable bonds is 4. The summed E-state index contributed by atoms with van der Waals surface area (Å²) in [6.07, 6.45) is 3.72. The molecule has 2 rings (SSSR count). The Kier molecular flexibility index (Phi) is 4.28. The second-order valence-corrected chi connectivity index (χ2v) is 5.74. The molecule has 2 unspecified atom stereocenters. The Bertz CT molecular complexity index is 398. The Hall–Kier alpha value is -1.02. The zero-order chi connectivity index (χ0) is 13.1. The predicted octanol–water partition coefficient (Wildman–Crippen LogP) is 3.51. The van der Waals surface area contributed by atoms with Gasteiger partial charge in [0.25, 0.3) is 0 Å². The minimum absolute atomic E-state index is 0.139. The molecule has 0 bridgehead atoms. The summed E-state index contributed by atoms with van der Waals surface area (Å²) < 4.78 is 0. The third-order valence-electron chi connectivity index (χ3n) is 4.07. The predicted molar refractivity (Wildman–Crippen MR) is 79.0 cm³/mol. The summed E-state index contributed by atoms with van der Waals surface area (Å²) in [5, 5.41) is 0. The number of fused-ring (bicyclic) bond motifs is 1. The Balaban J connectivity index is 2.21. The number of benzene rings is 1. The molecule has 2 atom stereocenters. The second-order valence-electron chi connectivity index (χ2n) is 5.74. The van der Waals surface area contributed by atoms with Gasteiger partial charge in [-0.05, 0) is 42.9 Å². The first-order chi connectivity index (χ1) is 8.61. The summed E-state index contributed by atoms with van der Waals surface area (Å²) in [4.78, 5) is 2.55. The summed E-state index contributed by atoms with van der Waals surface area (Å²) in [5.74, 6) is 0.768. The van der Waals surface area contributed by atoms with Crippen molar-refractivity contribution < 1.29 is 0 Å². The van der Waals surface area contributed by atoms with Crippen molar-refractivity contribution >= 4 is 5.69 Å². The molecule has 0 saturated heterocycles. The molecule has 0 radical (unpaired) electrons. The van der Waals surface area contributed by atoms with Gasteiger partial charge in [0.05, 0.1) is 0 Å². The van der Waals surface area contributed by atoms with Gasteiger partial charge in [-0.1, -0.05) is 32.4 Å². The molecule has 2 heteroatoms. The van der Waals surface area contributed by atoms with Crippen molar-refractivity contribution in [2.24, 2.45) is 11.7 Å². The lowest BCUT2D eigenvalue weighted by atomic mass is 9.96. The zero-order valence-electron chi connectivity index (χ0n) is 11.9. The highest BCUT2D eigenvalue weighted by molar-refractivity contribution is 5.57. The molecule has 1 aliphatic rings. The van der Waals surface area contributed by atoms with Gasteiger partial charge < -0.3 is 10.6 Å². The summed E-state index contributed by atoms with van der Waals surface area (Å²) >= 11 is 0. The van der Waals surface area contributed by atoms with E-state index in [0.717, 1.165) is 5.92 Å². The van der Waals surface area contributed by atoms with E-state index in [9.17, 15) is 0 Å².